The van der Waals surface area contributed by atoms with E-state index in [4.69, 9.17) is 0 Å². The maximum absolute atomic E-state index is 2.46. The first-order chi connectivity index (χ1) is 15.4. The lowest BCUT2D eigenvalue weighted by atomic mass is 9.53. The van der Waals surface area contributed by atoms with Crippen molar-refractivity contribution < 1.29 is 0 Å². The summed E-state index contributed by atoms with van der Waals surface area (Å²) in [6, 6.07) is 23.2. The number of rotatable bonds is 4. The first-order valence-corrected chi connectivity index (χ1v) is 12.9. The monoisotopic (exact) mass is 408 g/mol. The molecule has 0 bridgehead atoms. The Labute approximate surface area is 188 Å². The summed E-state index contributed by atoms with van der Waals surface area (Å²) in [5, 5.41) is 0. The lowest BCUT2D eigenvalue weighted by Crippen LogP contribution is -2.45. The smallest absolute Gasteiger partial charge is 0.0448 e. The molecule has 2 aromatic carbocycles. The molecule has 0 saturated heterocycles. The molecular weight excluding hydrogens is 372 g/mol. The fourth-order valence-electron chi connectivity index (χ4n) is 8.50. The highest BCUT2D eigenvalue weighted by Crippen LogP contribution is 2.62. The molecule has 4 aliphatic rings. The first-order valence-electron chi connectivity index (χ1n) is 12.9. The SMILES string of the molecule is C1=CCC(C(c2ccccc2)(c2ccccc2)C2CCCC3C4CCCCC4CC32)=C1. The molecule has 0 aliphatic heterocycles. The van der Waals surface area contributed by atoms with Crippen LogP contribution in [0, 0.1) is 29.6 Å². The third-order valence-electron chi connectivity index (χ3n) is 9.50. The van der Waals surface area contributed by atoms with Crippen LogP contribution >= 0.6 is 0 Å². The van der Waals surface area contributed by atoms with Crippen molar-refractivity contribution in [3.05, 3.63) is 95.6 Å². The van der Waals surface area contributed by atoms with Gasteiger partial charge in [0, 0.05) is 5.41 Å². The van der Waals surface area contributed by atoms with E-state index in [1.165, 1.54) is 62.5 Å². The number of hydrogen-bond acceptors (Lipinski definition) is 0. The lowest BCUT2D eigenvalue weighted by molar-refractivity contribution is 0.105. The Morgan fingerprint density at radius 2 is 1.32 bits per heavy atom. The molecule has 5 unspecified atom stereocenters. The van der Waals surface area contributed by atoms with Gasteiger partial charge in [0.15, 0.2) is 0 Å². The summed E-state index contributed by atoms with van der Waals surface area (Å²) < 4.78 is 0. The molecular formula is C31H36. The average Bonchev–Trinajstić information content (AvgIpc) is 3.50. The van der Waals surface area contributed by atoms with E-state index in [0.717, 1.165) is 30.1 Å². The Morgan fingerprint density at radius 1 is 0.645 bits per heavy atom. The minimum absolute atomic E-state index is 0.0167. The fourth-order valence-corrected chi connectivity index (χ4v) is 8.50. The zero-order valence-electron chi connectivity index (χ0n) is 18.8. The van der Waals surface area contributed by atoms with E-state index >= 15 is 0 Å². The van der Waals surface area contributed by atoms with E-state index in [-0.39, 0.29) is 5.41 Å². The second-order valence-corrected chi connectivity index (χ2v) is 10.7. The quantitative estimate of drug-likeness (QED) is 0.479. The van der Waals surface area contributed by atoms with Gasteiger partial charge in [-0.15, -0.1) is 0 Å². The van der Waals surface area contributed by atoms with E-state index in [1.54, 1.807) is 5.57 Å². The van der Waals surface area contributed by atoms with Crippen molar-refractivity contribution in [3.63, 3.8) is 0 Å². The zero-order valence-corrected chi connectivity index (χ0v) is 18.8. The molecule has 3 saturated carbocycles. The van der Waals surface area contributed by atoms with Gasteiger partial charge in [0.1, 0.15) is 0 Å². The molecule has 0 N–H and O–H groups in total. The number of hydrogen-bond donors (Lipinski definition) is 0. The van der Waals surface area contributed by atoms with Crippen LogP contribution in [0.5, 0.6) is 0 Å². The third kappa shape index (κ3) is 3.09. The average molecular weight is 409 g/mol. The summed E-state index contributed by atoms with van der Waals surface area (Å²) in [6.07, 6.45) is 20.0. The molecule has 0 radical (unpaired) electrons. The summed E-state index contributed by atoms with van der Waals surface area (Å²) in [7, 11) is 0. The van der Waals surface area contributed by atoms with Crippen molar-refractivity contribution in [3.8, 4) is 0 Å². The van der Waals surface area contributed by atoms with Crippen LogP contribution in [-0.2, 0) is 5.41 Å². The molecule has 5 atom stereocenters. The van der Waals surface area contributed by atoms with Crippen molar-refractivity contribution in [2.45, 2.75) is 63.2 Å². The molecule has 3 fully saturated rings. The maximum Gasteiger partial charge on any atom is 0.0448 e. The number of benzene rings is 2. The highest BCUT2D eigenvalue weighted by atomic mass is 14.6. The predicted molar refractivity (Wildman–Crippen MR) is 130 cm³/mol. The molecule has 0 spiro atoms. The van der Waals surface area contributed by atoms with Gasteiger partial charge < -0.3 is 0 Å². The Kier molecular flexibility index (Phi) is 5.13. The number of allylic oxidation sites excluding steroid dienone is 4. The zero-order chi connectivity index (χ0) is 20.7. The fraction of sp³-hybridized carbons (Fsp3) is 0.484. The van der Waals surface area contributed by atoms with Gasteiger partial charge in [0.2, 0.25) is 0 Å². The molecule has 0 nitrogen and oxygen atoms in total. The predicted octanol–water partition coefficient (Wildman–Crippen LogP) is 8.10. The molecule has 0 aromatic heterocycles. The van der Waals surface area contributed by atoms with Crippen molar-refractivity contribution in [2.75, 3.05) is 0 Å². The van der Waals surface area contributed by atoms with Gasteiger partial charge in [-0.3, -0.25) is 0 Å². The van der Waals surface area contributed by atoms with Gasteiger partial charge >= 0.3 is 0 Å². The number of fused-ring (bicyclic) bond motifs is 3. The Bertz CT molecular complexity index is 911. The van der Waals surface area contributed by atoms with Crippen LogP contribution in [0.4, 0.5) is 0 Å². The van der Waals surface area contributed by atoms with Crippen molar-refractivity contribution in [1.29, 1.82) is 0 Å². The van der Waals surface area contributed by atoms with Gasteiger partial charge in [-0.05, 0) is 72.8 Å². The summed E-state index contributed by atoms with van der Waals surface area (Å²) in [5.74, 6) is 4.58. The van der Waals surface area contributed by atoms with Crippen molar-refractivity contribution in [2.24, 2.45) is 29.6 Å². The van der Waals surface area contributed by atoms with Gasteiger partial charge in [-0.2, -0.15) is 0 Å². The van der Waals surface area contributed by atoms with Crippen molar-refractivity contribution in [1.82, 2.24) is 0 Å². The van der Waals surface area contributed by atoms with Gasteiger partial charge in [-0.1, -0.05) is 110 Å². The van der Waals surface area contributed by atoms with E-state index < -0.39 is 0 Å². The minimum atomic E-state index is 0.0167. The van der Waals surface area contributed by atoms with E-state index in [9.17, 15) is 0 Å². The molecule has 0 heteroatoms. The highest BCUT2D eigenvalue weighted by Gasteiger charge is 2.55. The second-order valence-electron chi connectivity index (χ2n) is 10.7. The third-order valence-corrected chi connectivity index (χ3v) is 9.50. The van der Waals surface area contributed by atoms with E-state index in [2.05, 4.69) is 78.9 Å². The van der Waals surface area contributed by atoms with Crippen LogP contribution in [0.2, 0.25) is 0 Å². The van der Waals surface area contributed by atoms with Crippen LogP contribution in [0.3, 0.4) is 0 Å². The normalized spacial score (nSPS) is 32.4. The molecule has 4 aliphatic carbocycles. The Balaban J connectivity index is 1.54. The molecule has 0 amide bonds. The standard InChI is InChI=1S/C31H36/c1-3-13-24(14-4-1)31(26-17-8-9-18-26,25-15-5-2-6-16-25)30-21-11-20-28-27-19-10-7-12-23(27)22-29(28)30/h1-6,8-9,13-17,23,27-30H,7,10-12,18-22H2. The maximum atomic E-state index is 2.46. The van der Waals surface area contributed by atoms with Gasteiger partial charge in [0.05, 0.1) is 0 Å². The highest BCUT2D eigenvalue weighted by molar-refractivity contribution is 5.53. The van der Waals surface area contributed by atoms with Crippen LogP contribution in [0.1, 0.15) is 68.9 Å². The summed E-state index contributed by atoms with van der Waals surface area (Å²) in [6.45, 7) is 0. The summed E-state index contributed by atoms with van der Waals surface area (Å²) in [5.41, 5.74) is 4.70. The van der Waals surface area contributed by atoms with Crippen LogP contribution in [0.25, 0.3) is 0 Å². The van der Waals surface area contributed by atoms with Crippen molar-refractivity contribution >= 4 is 0 Å². The molecule has 31 heavy (non-hydrogen) atoms. The summed E-state index contributed by atoms with van der Waals surface area (Å²) in [4.78, 5) is 0. The molecule has 6 rings (SSSR count). The van der Waals surface area contributed by atoms with E-state index in [1.807, 2.05) is 0 Å². The molecule has 160 valence electrons. The topological polar surface area (TPSA) is 0 Å². The second kappa shape index (κ2) is 8.12. The van der Waals surface area contributed by atoms with Crippen LogP contribution < -0.4 is 0 Å². The minimum Gasteiger partial charge on any atom is -0.0804 e. The largest absolute Gasteiger partial charge is 0.0804 e. The van der Waals surface area contributed by atoms with Crippen LogP contribution in [0.15, 0.2) is 84.5 Å². The molecule has 0 heterocycles. The lowest BCUT2D eigenvalue weighted by Gasteiger charge is -2.50. The first kappa shape index (κ1) is 19.6. The van der Waals surface area contributed by atoms with Crippen LogP contribution in [-0.4, -0.2) is 0 Å². The van der Waals surface area contributed by atoms with Gasteiger partial charge in [0.25, 0.3) is 0 Å². The molecule has 2 aromatic rings. The van der Waals surface area contributed by atoms with Gasteiger partial charge in [-0.25, -0.2) is 0 Å². The Morgan fingerprint density at radius 3 is 2.00 bits per heavy atom. The Hall–Kier alpha value is -2.08. The summed E-state index contributed by atoms with van der Waals surface area (Å²) >= 11 is 0. The van der Waals surface area contributed by atoms with E-state index in [0.29, 0.717) is 5.92 Å².